The van der Waals surface area contributed by atoms with E-state index in [1.807, 2.05) is 69.9 Å². The maximum Gasteiger partial charge on any atom is 0.407 e. The number of carbonyl (C=O) groups is 2. The van der Waals surface area contributed by atoms with Gasteiger partial charge in [0.05, 0.1) is 5.41 Å². The fourth-order valence-corrected chi connectivity index (χ4v) is 3.98. The molecule has 0 heterocycles. The van der Waals surface area contributed by atoms with Crippen LogP contribution in [0.3, 0.4) is 0 Å². The van der Waals surface area contributed by atoms with Crippen molar-refractivity contribution in [3.63, 3.8) is 0 Å². The highest BCUT2D eigenvalue weighted by Crippen LogP contribution is 2.57. The Morgan fingerprint density at radius 1 is 1.25 bits per heavy atom. The molecule has 2 rings (SSSR count). The van der Waals surface area contributed by atoms with Gasteiger partial charge in [0, 0.05) is 25.7 Å². The number of carbonyl (C=O) groups excluding carboxylic acids is 2. The summed E-state index contributed by atoms with van der Waals surface area (Å²) in [5, 5.41) is 12.5. The third-order valence-corrected chi connectivity index (χ3v) is 5.36. The molecule has 1 saturated carbocycles. The quantitative estimate of drug-likeness (QED) is 0.715. The minimum absolute atomic E-state index is 0.0682. The van der Waals surface area contributed by atoms with Crippen LogP contribution >= 0.6 is 0 Å². The second-order valence-corrected chi connectivity index (χ2v) is 8.39. The molecule has 0 spiro atoms. The van der Waals surface area contributed by atoms with Crippen LogP contribution in [0.15, 0.2) is 30.3 Å². The van der Waals surface area contributed by atoms with Crippen molar-refractivity contribution in [1.82, 2.24) is 10.2 Å². The summed E-state index contributed by atoms with van der Waals surface area (Å²) in [7, 11) is 0. The Morgan fingerprint density at radius 3 is 2.36 bits per heavy atom. The molecule has 28 heavy (non-hydrogen) atoms. The van der Waals surface area contributed by atoms with E-state index in [4.69, 9.17) is 4.74 Å². The van der Waals surface area contributed by atoms with Crippen molar-refractivity contribution in [2.24, 2.45) is 5.92 Å². The third-order valence-electron chi connectivity index (χ3n) is 5.36. The molecule has 0 aliphatic heterocycles. The highest BCUT2D eigenvalue weighted by atomic mass is 16.6. The summed E-state index contributed by atoms with van der Waals surface area (Å²) < 4.78 is 5.39. The van der Waals surface area contributed by atoms with Gasteiger partial charge in [-0.25, -0.2) is 4.79 Å². The molecule has 1 aliphatic rings. The van der Waals surface area contributed by atoms with E-state index in [2.05, 4.69) is 5.32 Å². The van der Waals surface area contributed by atoms with Crippen LogP contribution in [0, 0.1) is 5.92 Å². The Kier molecular flexibility index (Phi) is 7.10. The van der Waals surface area contributed by atoms with Gasteiger partial charge in [0.25, 0.3) is 0 Å². The standard InChI is InChI=1S/C22H34N2O4/c1-6-24(7-2)19(26)22(16-11-9-8-10-12-16)15-17(22)18(13-14-25)23-20(27)28-21(3,4)5/h8-12,17-18,25H,6-7,13-15H2,1-5H3,(H,23,27)/t17-,18-,22+/m0/s1. The van der Waals surface area contributed by atoms with Crippen LogP contribution in [-0.2, 0) is 14.9 Å². The summed E-state index contributed by atoms with van der Waals surface area (Å²) in [6.45, 7) is 10.6. The fourth-order valence-electron chi connectivity index (χ4n) is 3.98. The molecule has 6 nitrogen and oxygen atoms in total. The van der Waals surface area contributed by atoms with E-state index in [1.54, 1.807) is 0 Å². The van der Waals surface area contributed by atoms with Gasteiger partial charge < -0.3 is 20.1 Å². The van der Waals surface area contributed by atoms with Gasteiger partial charge in [-0.2, -0.15) is 0 Å². The number of ether oxygens (including phenoxy) is 1. The summed E-state index contributed by atoms with van der Waals surface area (Å²) in [6.07, 6.45) is 0.506. The van der Waals surface area contributed by atoms with Crippen molar-refractivity contribution in [3.05, 3.63) is 35.9 Å². The number of rotatable bonds is 8. The van der Waals surface area contributed by atoms with Crippen LogP contribution in [0.1, 0.15) is 53.0 Å². The predicted molar refractivity (Wildman–Crippen MR) is 109 cm³/mol. The number of alkyl carbamates (subject to hydrolysis) is 1. The average molecular weight is 391 g/mol. The number of benzene rings is 1. The topological polar surface area (TPSA) is 78.9 Å². The predicted octanol–water partition coefficient (Wildman–Crippen LogP) is 3.09. The van der Waals surface area contributed by atoms with Gasteiger partial charge in [-0.1, -0.05) is 30.3 Å². The van der Waals surface area contributed by atoms with Crippen molar-refractivity contribution in [2.75, 3.05) is 19.7 Å². The maximum absolute atomic E-state index is 13.4. The molecule has 2 N–H and O–H groups in total. The number of hydrogen-bond acceptors (Lipinski definition) is 4. The summed E-state index contributed by atoms with van der Waals surface area (Å²) in [4.78, 5) is 27.6. The molecule has 3 atom stereocenters. The zero-order valence-electron chi connectivity index (χ0n) is 17.7. The summed E-state index contributed by atoms with van der Waals surface area (Å²) in [6, 6.07) is 9.42. The molecule has 1 aromatic carbocycles. The first-order chi connectivity index (χ1) is 13.2. The minimum atomic E-state index is -0.665. The highest BCUT2D eigenvalue weighted by molar-refractivity contribution is 5.92. The number of nitrogens with zero attached hydrogens (tertiary/aromatic N) is 1. The summed E-state index contributed by atoms with van der Waals surface area (Å²) in [5.74, 6) is 0.00490. The maximum atomic E-state index is 13.4. The molecular formula is C22H34N2O4. The first kappa shape index (κ1) is 22.2. The summed E-state index contributed by atoms with van der Waals surface area (Å²) >= 11 is 0. The molecule has 6 heteroatoms. The molecule has 0 aromatic heterocycles. The van der Waals surface area contributed by atoms with Crippen LogP contribution in [0.5, 0.6) is 0 Å². The number of nitrogens with one attached hydrogen (secondary N) is 1. The Hall–Kier alpha value is -2.08. The van der Waals surface area contributed by atoms with E-state index in [0.717, 1.165) is 5.56 Å². The van der Waals surface area contributed by atoms with Gasteiger partial charge in [0.15, 0.2) is 0 Å². The van der Waals surface area contributed by atoms with E-state index >= 15 is 0 Å². The Balaban J connectivity index is 2.30. The van der Waals surface area contributed by atoms with E-state index in [9.17, 15) is 14.7 Å². The van der Waals surface area contributed by atoms with Gasteiger partial charge in [-0.15, -0.1) is 0 Å². The second-order valence-electron chi connectivity index (χ2n) is 8.39. The third kappa shape index (κ3) is 4.85. The zero-order chi connectivity index (χ0) is 20.9. The second kappa shape index (κ2) is 8.95. The van der Waals surface area contributed by atoms with Crippen molar-refractivity contribution >= 4 is 12.0 Å². The normalized spacial score (nSPS) is 22.3. The SMILES string of the molecule is CCN(CC)C(=O)[C@@]1(c2ccccc2)C[C@H]1[C@H](CCO)NC(=O)OC(C)(C)C. The lowest BCUT2D eigenvalue weighted by atomic mass is 9.88. The summed E-state index contributed by atoms with van der Waals surface area (Å²) in [5.41, 5.74) is -0.307. The van der Waals surface area contributed by atoms with E-state index in [0.29, 0.717) is 25.9 Å². The van der Waals surface area contributed by atoms with Gasteiger partial charge in [-0.05, 0) is 58.9 Å². The lowest BCUT2D eigenvalue weighted by molar-refractivity contribution is -0.134. The monoisotopic (exact) mass is 390 g/mol. The van der Waals surface area contributed by atoms with Crippen LogP contribution < -0.4 is 5.32 Å². The number of aliphatic hydroxyl groups excluding tert-OH is 1. The number of hydrogen-bond donors (Lipinski definition) is 2. The first-order valence-corrected chi connectivity index (χ1v) is 10.1. The lowest BCUT2D eigenvalue weighted by Gasteiger charge is -2.29. The van der Waals surface area contributed by atoms with Crippen molar-refractivity contribution in [1.29, 1.82) is 0 Å². The Bertz CT molecular complexity index is 667. The van der Waals surface area contributed by atoms with E-state index < -0.39 is 17.1 Å². The van der Waals surface area contributed by atoms with Crippen LogP contribution in [-0.4, -0.2) is 53.3 Å². The zero-order valence-corrected chi connectivity index (χ0v) is 17.7. The minimum Gasteiger partial charge on any atom is -0.444 e. The van der Waals surface area contributed by atoms with Crippen molar-refractivity contribution in [2.45, 2.75) is 64.5 Å². The average Bonchev–Trinajstić information content (AvgIpc) is 3.38. The van der Waals surface area contributed by atoms with E-state index in [-0.39, 0.29) is 24.5 Å². The van der Waals surface area contributed by atoms with Crippen LogP contribution in [0.25, 0.3) is 0 Å². The van der Waals surface area contributed by atoms with Crippen molar-refractivity contribution < 1.29 is 19.4 Å². The molecule has 2 amide bonds. The Labute approximate surface area is 168 Å². The number of likely N-dealkylation sites (N-methyl/N-ethyl adjacent to an activating group) is 1. The number of amides is 2. The molecule has 0 radical (unpaired) electrons. The largest absolute Gasteiger partial charge is 0.444 e. The van der Waals surface area contributed by atoms with Crippen molar-refractivity contribution in [3.8, 4) is 0 Å². The van der Waals surface area contributed by atoms with Gasteiger partial charge in [0.1, 0.15) is 5.60 Å². The van der Waals surface area contributed by atoms with E-state index in [1.165, 1.54) is 0 Å². The number of aliphatic hydroxyl groups is 1. The molecule has 0 saturated heterocycles. The van der Waals surface area contributed by atoms with Crippen LogP contribution in [0.4, 0.5) is 4.79 Å². The van der Waals surface area contributed by atoms with Gasteiger partial charge in [0.2, 0.25) is 5.91 Å². The Morgan fingerprint density at radius 2 is 1.86 bits per heavy atom. The smallest absolute Gasteiger partial charge is 0.407 e. The van der Waals surface area contributed by atoms with Crippen LogP contribution in [0.2, 0.25) is 0 Å². The molecule has 156 valence electrons. The molecule has 0 bridgehead atoms. The molecular weight excluding hydrogens is 356 g/mol. The fraction of sp³-hybridized carbons (Fsp3) is 0.636. The highest BCUT2D eigenvalue weighted by Gasteiger charge is 2.64. The van der Waals surface area contributed by atoms with Gasteiger partial charge in [-0.3, -0.25) is 4.79 Å². The molecule has 1 aliphatic carbocycles. The lowest BCUT2D eigenvalue weighted by Crippen LogP contribution is -2.46. The molecule has 1 fully saturated rings. The molecule has 1 aromatic rings. The molecule has 0 unspecified atom stereocenters. The first-order valence-electron chi connectivity index (χ1n) is 10.1. The van der Waals surface area contributed by atoms with Gasteiger partial charge >= 0.3 is 6.09 Å².